The lowest BCUT2D eigenvalue weighted by Crippen LogP contribution is -2.13. The van der Waals surface area contributed by atoms with E-state index >= 15 is 0 Å². The summed E-state index contributed by atoms with van der Waals surface area (Å²) in [6, 6.07) is 6.76. The van der Waals surface area contributed by atoms with E-state index in [1.54, 1.807) is 23.5 Å². The van der Waals surface area contributed by atoms with Crippen molar-refractivity contribution >= 4 is 27.3 Å². The van der Waals surface area contributed by atoms with Crippen LogP contribution in [0.4, 0.5) is 4.39 Å². The molecule has 0 aliphatic heterocycles. The van der Waals surface area contributed by atoms with Crippen molar-refractivity contribution in [3.05, 3.63) is 55.9 Å². The SMILES string of the molecule is CCc1ccsc1C(N)Cc1cc(F)ccc1Br. The maximum Gasteiger partial charge on any atom is 0.123 e. The molecule has 96 valence electrons. The van der Waals surface area contributed by atoms with Gasteiger partial charge in [0.15, 0.2) is 0 Å². The fourth-order valence-electron chi connectivity index (χ4n) is 1.99. The van der Waals surface area contributed by atoms with Gasteiger partial charge in [0.25, 0.3) is 0 Å². The topological polar surface area (TPSA) is 26.0 Å². The summed E-state index contributed by atoms with van der Waals surface area (Å²) >= 11 is 5.12. The fraction of sp³-hybridized carbons (Fsp3) is 0.286. The van der Waals surface area contributed by atoms with Crippen LogP contribution < -0.4 is 5.73 Å². The van der Waals surface area contributed by atoms with Crippen LogP contribution in [0.3, 0.4) is 0 Å². The number of rotatable bonds is 4. The summed E-state index contributed by atoms with van der Waals surface area (Å²) < 4.78 is 14.1. The quantitative estimate of drug-likeness (QED) is 0.881. The van der Waals surface area contributed by atoms with E-state index in [2.05, 4.69) is 34.3 Å². The average Bonchev–Trinajstić information content (AvgIpc) is 2.82. The van der Waals surface area contributed by atoms with Crippen molar-refractivity contribution in [1.82, 2.24) is 0 Å². The maximum atomic E-state index is 13.2. The second-order valence-electron chi connectivity index (χ2n) is 4.21. The first-order valence-corrected chi connectivity index (χ1v) is 7.54. The summed E-state index contributed by atoms with van der Waals surface area (Å²) in [4.78, 5) is 1.20. The molecule has 0 spiro atoms. The molecule has 0 amide bonds. The molecule has 1 atom stereocenters. The van der Waals surface area contributed by atoms with Gasteiger partial charge in [0, 0.05) is 15.4 Å². The van der Waals surface area contributed by atoms with Gasteiger partial charge >= 0.3 is 0 Å². The molecule has 0 bridgehead atoms. The van der Waals surface area contributed by atoms with Gasteiger partial charge in [-0.2, -0.15) is 0 Å². The van der Waals surface area contributed by atoms with E-state index in [1.807, 2.05) is 0 Å². The molecule has 1 heterocycles. The Bertz CT molecular complexity index is 538. The predicted octanol–water partition coefficient (Wildman–Crippen LogP) is 4.45. The summed E-state index contributed by atoms with van der Waals surface area (Å²) in [5, 5.41) is 2.06. The molecule has 0 fully saturated rings. The highest BCUT2D eigenvalue weighted by Gasteiger charge is 2.14. The summed E-state index contributed by atoms with van der Waals surface area (Å²) in [7, 11) is 0. The Morgan fingerprint density at radius 1 is 1.33 bits per heavy atom. The van der Waals surface area contributed by atoms with Crippen LogP contribution in [0, 0.1) is 5.82 Å². The van der Waals surface area contributed by atoms with Crippen molar-refractivity contribution in [2.75, 3.05) is 0 Å². The van der Waals surface area contributed by atoms with Gasteiger partial charge in [-0.25, -0.2) is 4.39 Å². The van der Waals surface area contributed by atoms with Gasteiger partial charge in [-0.15, -0.1) is 11.3 Å². The molecule has 0 aliphatic carbocycles. The molecule has 2 aromatic rings. The van der Waals surface area contributed by atoms with Gasteiger partial charge in [0.2, 0.25) is 0 Å². The highest BCUT2D eigenvalue weighted by molar-refractivity contribution is 9.10. The summed E-state index contributed by atoms with van der Waals surface area (Å²) in [5.74, 6) is -0.220. The number of aryl methyl sites for hydroxylation is 1. The molecular weight excluding hydrogens is 313 g/mol. The van der Waals surface area contributed by atoms with E-state index < -0.39 is 0 Å². The lowest BCUT2D eigenvalue weighted by atomic mass is 10.0. The van der Waals surface area contributed by atoms with E-state index in [0.717, 1.165) is 16.5 Å². The van der Waals surface area contributed by atoms with E-state index in [4.69, 9.17) is 5.73 Å². The number of hydrogen-bond donors (Lipinski definition) is 1. The molecular formula is C14H15BrFNS. The molecule has 2 rings (SSSR count). The first kappa shape index (κ1) is 13.7. The zero-order valence-electron chi connectivity index (χ0n) is 10.1. The van der Waals surface area contributed by atoms with Gasteiger partial charge in [0.05, 0.1) is 0 Å². The van der Waals surface area contributed by atoms with Crippen molar-refractivity contribution in [3.63, 3.8) is 0 Å². The van der Waals surface area contributed by atoms with Gasteiger partial charge in [0.1, 0.15) is 5.82 Å². The molecule has 1 unspecified atom stereocenters. The maximum absolute atomic E-state index is 13.2. The van der Waals surface area contributed by atoms with Crippen LogP contribution in [0.2, 0.25) is 0 Å². The molecule has 1 aromatic heterocycles. The number of benzene rings is 1. The summed E-state index contributed by atoms with van der Waals surface area (Å²) in [5.41, 5.74) is 8.44. The predicted molar refractivity (Wildman–Crippen MR) is 78.4 cm³/mol. The van der Waals surface area contributed by atoms with Crippen LogP contribution in [0.5, 0.6) is 0 Å². The van der Waals surface area contributed by atoms with E-state index in [9.17, 15) is 4.39 Å². The third-order valence-electron chi connectivity index (χ3n) is 2.95. The monoisotopic (exact) mass is 327 g/mol. The molecule has 0 aliphatic rings. The number of hydrogen-bond acceptors (Lipinski definition) is 2. The smallest absolute Gasteiger partial charge is 0.123 e. The average molecular weight is 328 g/mol. The largest absolute Gasteiger partial charge is 0.323 e. The van der Waals surface area contributed by atoms with Gasteiger partial charge in [-0.3, -0.25) is 0 Å². The molecule has 2 N–H and O–H groups in total. The van der Waals surface area contributed by atoms with Crippen molar-refractivity contribution in [1.29, 1.82) is 0 Å². The number of thiophene rings is 1. The highest BCUT2D eigenvalue weighted by Crippen LogP contribution is 2.28. The van der Waals surface area contributed by atoms with Crippen LogP contribution in [0.1, 0.15) is 29.0 Å². The van der Waals surface area contributed by atoms with Crippen molar-refractivity contribution < 1.29 is 4.39 Å². The van der Waals surface area contributed by atoms with Crippen molar-refractivity contribution in [2.45, 2.75) is 25.8 Å². The Balaban J connectivity index is 2.21. The minimum absolute atomic E-state index is 0.0713. The number of halogens is 2. The van der Waals surface area contributed by atoms with E-state index in [0.29, 0.717) is 6.42 Å². The Labute approximate surface area is 119 Å². The molecule has 4 heteroatoms. The normalized spacial score (nSPS) is 12.7. The van der Waals surface area contributed by atoms with E-state index in [1.165, 1.54) is 16.5 Å². The Morgan fingerprint density at radius 3 is 2.83 bits per heavy atom. The van der Waals surface area contributed by atoms with Crippen LogP contribution in [-0.4, -0.2) is 0 Å². The molecule has 0 saturated heterocycles. The fourth-order valence-corrected chi connectivity index (χ4v) is 3.40. The van der Waals surface area contributed by atoms with Crippen LogP contribution in [0.25, 0.3) is 0 Å². The third kappa shape index (κ3) is 2.99. The first-order valence-electron chi connectivity index (χ1n) is 5.87. The van der Waals surface area contributed by atoms with Crippen LogP contribution in [-0.2, 0) is 12.8 Å². The van der Waals surface area contributed by atoms with E-state index in [-0.39, 0.29) is 11.9 Å². The second-order valence-corrected chi connectivity index (χ2v) is 6.01. The van der Waals surface area contributed by atoms with Crippen molar-refractivity contribution in [3.8, 4) is 0 Å². The standard InChI is InChI=1S/C14H15BrFNS/c1-2-9-5-6-18-14(9)13(17)8-10-7-11(16)3-4-12(10)15/h3-7,13H,2,8,17H2,1H3. The Hall–Kier alpha value is -0.710. The Morgan fingerprint density at radius 2 is 2.11 bits per heavy atom. The van der Waals surface area contributed by atoms with Crippen molar-refractivity contribution in [2.24, 2.45) is 5.73 Å². The van der Waals surface area contributed by atoms with Crippen LogP contribution >= 0.6 is 27.3 Å². The number of nitrogens with two attached hydrogens (primary N) is 1. The first-order chi connectivity index (χ1) is 8.61. The zero-order valence-corrected chi connectivity index (χ0v) is 12.5. The third-order valence-corrected chi connectivity index (χ3v) is 4.81. The zero-order chi connectivity index (χ0) is 13.1. The molecule has 0 saturated carbocycles. The molecule has 18 heavy (non-hydrogen) atoms. The second kappa shape index (κ2) is 5.95. The minimum Gasteiger partial charge on any atom is -0.323 e. The lowest BCUT2D eigenvalue weighted by Gasteiger charge is -2.13. The summed E-state index contributed by atoms with van der Waals surface area (Å²) in [6.45, 7) is 2.12. The highest BCUT2D eigenvalue weighted by atomic mass is 79.9. The van der Waals surface area contributed by atoms with Gasteiger partial charge in [-0.05, 0) is 53.6 Å². The lowest BCUT2D eigenvalue weighted by molar-refractivity contribution is 0.621. The molecule has 0 radical (unpaired) electrons. The minimum atomic E-state index is -0.220. The summed E-state index contributed by atoms with van der Waals surface area (Å²) in [6.07, 6.45) is 1.63. The van der Waals surface area contributed by atoms with Crippen LogP contribution in [0.15, 0.2) is 34.1 Å². The molecule has 1 aromatic carbocycles. The molecule has 1 nitrogen and oxygen atoms in total. The van der Waals surface area contributed by atoms with Gasteiger partial charge in [-0.1, -0.05) is 22.9 Å². The Kier molecular flexibility index (Phi) is 4.54. The van der Waals surface area contributed by atoms with Gasteiger partial charge < -0.3 is 5.73 Å².